The van der Waals surface area contributed by atoms with Crippen LogP contribution in [0.25, 0.3) is 0 Å². The fraction of sp³-hybridized carbons (Fsp3) is 0.500. The molecule has 1 fully saturated rings. The van der Waals surface area contributed by atoms with Crippen molar-refractivity contribution in [2.24, 2.45) is 5.73 Å². The summed E-state index contributed by atoms with van der Waals surface area (Å²) in [6.07, 6.45) is 1.20. The van der Waals surface area contributed by atoms with Crippen LogP contribution in [0.5, 0.6) is 0 Å². The number of nitrogens with two attached hydrogens (primary N) is 1. The number of hydrogen-bond acceptors (Lipinski definition) is 3. The number of nitrogens with zero attached hydrogens (tertiary/aromatic N) is 2. The van der Waals surface area contributed by atoms with Crippen LogP contribution in [-0.2, 0) is 0 Å². The minimum atomic E-state index is 0.139. The standard InChI is InChI=1S/C14H22N4/c1-11-10-12(14(15)16)4-5-13(11)18-7-3-6-17(2)8-9-18/h4-5,10H,3,6-9H2,1-2H3,(H3,15,16). The van der Waals surface area contributed by atoms with Gasteiger partial charge in [0.25, 0.3) is 0 Å². The van der Waals surface area contributed by atoms with Crippen molar-refractivity contribution in [3.8, 4) is 0 Å². The molecule has 0 aromatic heterocycles. The first-order valence-corrected chi connectivity index (χ1v) is 6.46. The summed E-state index contributed by atoms with van der Waals surface area (Å²) in [5, 5.41) is 7.47. The highest BCUT2D eigenvalue weighted by atomic mass is 15.2. The number of benzene rings is 1. The van der Waals surface area contributed by atoms with E-state index in [0.717, 1.165) is 25.2 Å². The summed E-state index contributed by atoms with van der Waals surface area (Å²) in [4.78, 5) is 4.81. The van der Waals surface area contributed by atoms with Crippen LogP contribution in [0.1, 0.15) is 17.5 Å². The number of nitrogens with one attached hydrogen (secondary N) is 1. The molecule has 0 amide bonds. The third kappa shape index (κ3) is 2.82. The van der Waals surface area contributed by atoms with E-state index in [1.807, 2.05) is 12.1 Å². The number of likely N-dealkylation sites (N-methyl/N-ethyl adjacent to an activating group) is 1. The molecule has 1 heterocycles. The molecule has 1 aromatic rings. The molecule has 2 rings (SSSR count). The highest BCUT2D eigenvalue weighted by molar-refractivity contribution is 5.95. The van der Waals surface area contributed by atoms with Gasteiger partial charge in [0.15, 0.2) is 0 Å². The lowest BCUT2D eigenvalue weighted by Crippen LogP contribution is -2.29. The van der Waals surface area contributed by atoms with Crippen molar-refractivity contribution >= 4 is 11.5 Å². The van der Waals surface area contributed by atoms with Gasteiger partial charge in [-0.3, -0.25) is 5.41 Å². The molecule has 0 unspecified atom stereocenters. The first kappa shape index (κ1) is 12.9. The van der Waals surface area contributed by atoms with Gasteiger partial charge >= 0.3 is 0 Å². The van der Waals surface area contributed by atoms with E-state index in [-0.39, 0.29) is 5.84 Å². The van der Waals surface area contributed by atoms with E-state index in [4.69, 9.17) is 11.1 Å². The Balaban J connectivity index is 2.20. The van der Waals surface area contributed by atoms with Crippen LogP contribution in [0, 0.1) is 12.3 Å². The monoisotopic (exact) mass is 246 g/mol. The van der Waals surface area contributed by atoms with Crippen molar-refractivity contribution in [2.45, 2.75) is 13.3 Å². The number of nitrogen functional groups attached to an aromatic ring is 1. The van der Waals surface area contributed by atoms with Gasteiger partial charge < -0.3 is 15.5 Å². The Morgan fingerprint density at radius 3 is 2.67 bits per heavy atom. The lowest BCUT2D eigenvalue weighted by Gasteiger charge is -2.25. The average Bonchev–Trinajstić information content (AvgIpc) is 2.54. The molecular formula is C14H22N4. The molecule has 98 valence electrons. The van der Waals surface area contributed by atoms with Crippen molar-refractivity contribution in [1.29, 1.82) is 5.41 Å². The van der Waals surface area contributed by atoms with Gasteiger partial charge in [0.1, 0.15) is 5.84 Å². The van der Waals surface area contributed by atoms with Crippen molar-refractivity contribution in [3.63, 3.8) is 0 Å². The maximum absolute atomic E-state index is 7.47. The number of rotatable bonds is 2. The molecular weight excluding hydrogens is 224 g/mol. The lowest BCUT2D eigenvalue weighted by atomic mass is 10.1. The van der Waals surface area contributed by atoms with Gasteiger partial charge in [-0.15, -0.1) is 0 Å². The molecule has 0 radical (unpaired) electrons. The predicted molar refractivity (Wildman–Crippen MR) is 76.5 cm³/mol. The van der Waals surface area contributed by atoms with E-state index in [1.54, 1.807) is 0 Å². The minimum Gasteiger partial charge on any atom is -0.384 e. The van der Waals surface area contributed by atoms with Crippen LogP contribution in [0.3, 0.4) is 0 Å². The van der Waals surface area contributed by atoms with E-state index in [9.17, 15) is 0 Å². The van der Waals surface area contributed by atoms with Gasteiger partial charge in [-0.25, -0.2) is 0 Å². The molecule has 0 spiro atoms. The Hall–Kier alpha value is -1.55. The Morgan fingerprint density at radius 2 is 2.00 bits per heavy atom. The van der Waals surface area contributed by atoms with E-state index >= 15 is 0 Å². The smallest absolute Gasteiger partial charge is 0.122 e. The second-order valence-corrected chi connectivity index (χ2v) is 5.06. The van der Waals surface area contributed by atoms with E-state index in [2.05, 4.69) is 29.8 Å². The van der Waals surface area contributed by atoms with Crippen molar-refractivity contribution in [1.82, 2.24) is 4.90 Å². The topological polar surface area (TPSA) is 56.4 Å². The molecule has 1 saturated heterocycles. The fourth-order valence-electron chi connectivity index (χ4n) is 2.47. The van der Waals surface area contributed by atoms with Crippen LogP contribution < -0.4 is 10.6 Å². The van der Waals surface area contributed by atoms with Gasteiger partial charge in [-0.1, -0.05) is 0 Å². The van der Waals surface area contributed by atoms with Crippen molar-refractivity contribution in [2.75, 3.05) is 38.1 Å². The molecule has 4 nitrogen and oxygen atoms in total. The summed E-state index contributed by atoms with van der Waals surface area (Å²) in [7, 11) is 2.18. The zero-order valence-corrected chi connectivity index (χ0v) is 11.2. The Kier molecular flexibility index (Phi) is 3.87. The first-order chi connectivity index (χ1) is 8.58. The van der Waals surface area contributed by atoms with Crippen LogP contribution in [-0.4, -0.2) is 44.0 Å². The predicted octanol–water partition coefficient (Wildman–Crippen LogP) is 1.42. The zero-order chi connectivity index (χ0) is 13.1. The maximum atomic E-state index is 7.47. The zero-order valence-electron chi connectivity index (χ0n) is 11.2. The van der Waals surface area contributed by atoms with Crippen LogP contribution >= 0.6 is 0 Å². The van der Waals surface area contributed by atoms with Crippen LogP contribution in [0.2, 0.25) is 0 Å². The Labute approximate surface area is 109 Å². The lowest BCUT2D eigenvalue weighted by molar-refractivity contribution is 0.360. The Morgan fingerprint density at radius 1 is 1.22 bits per heavy atom. The SMILES string of the molecule is Cc1cc(C(=N)N)ccc1N1CCCN(C)CC1. The fourth-order valence-corrected chi connectivity index (χ4v) is 2.47. The van der Waals surface area contributed by atoms with Gasteiger partial charge in [0, 0.05) is 30.9 Å². The van der Waals surface area contributed by atoms with Gasteiger partial charge in [-0.05, 0) is 50.7 Å². The molecule has 0 saturated carbocycles. The summed E-state index contributed by atoms with van der Waals surface area (Å²) >= 11 is 0. The second kappa shape index (κ2) is 5.40. The molecule has 0 bridgehead atoms. The molecule has 1 aliphatic heterocycles. The van der Waals surface area contributed by atoms with Crippen LogP contribution in [0.15, 0.2) is 18.2 Å². The highest BCUT2D eigenvalue weighted by Crippen LogP contribution is 2.22. The van der Waals surface area contributed by atoms with E-state index in [0.29, 0.717) is 0 Å². The average molecular weight is 246 g/mol. The largest absolute Gasteiger partial charge is 0.384 e. The molecule has 4 heteroatoms. The molecule has 3 N–H and O–H groups in total. The number of aryl methyl sites for hydroxylation is 1. The number of hydrogen-bond donors (Lipinski definition) is 2. The maximum Gasteiger partial charge on any atom is 0.122 e. The quantitative estimate of drug-likeness (QED) is 0.613. The number of anilines is 1. The van der Waals surface area contributed by atoms with Crippen molar-refractivity contribution < 1.29 is 0 Å². The molecule has 18 heavy (non-hydrogen) atoms. The van der Waals surface area contributed by atoms with Crippen molar-refractivity contribution in [3.05, 3.63) is 29.3 Å². The summed E-state index contributed by atoms with van der Waals surface area (Å²) in [6.45, 7) is 6.53. The van der Waals surface area contributed by atoms with Crippen LogP contribution in [0.4, 0.5) is 5.69 Å². The molecule has 0 atom stereocenters. The molecule has 1 aromatic carbocycles. The summed E-state index contributed by atoms with van der Waals surface area (Å²) in [5.74, 6) is 0.139. The first-order valence-electron chi connectivity index (χ1n) is 6.46. The summed E-state index contributed by atoms with van der Waals surface area (Å²) < 4.78 is 0. The molecule has 0 aliphatic carbocycles. The summed E-state index contributed by atoms with van der Waals surface area (Å²) in [5.41, 5.74) is 8.80. The minimum absolute atomic E-state index is 0.139. The van der Waals surface area contributed by atoms with Gasteiger partial charge in [-0.2, -0.15) is 0 Å². The van der Waals surface area contributed by atoms with Gasteiger partial charge in [0.2, 0.25) is 0 Å². The van der Waals surface area contributed by atoms with Gasteiger partial charge in [0.05, 0.1) is 0 Å². The number of amidine groups is 1. The summed E-state index contributed by atoms with van der Waals surface area (Å²) in [6, 6.07) is 6.04. The Bertz CT molecular complexity index is 441. The normalized spacial score (nSPS) is 17.6. The third-order valence-electron chi connectivity index (χ3n) is 3.57. The second-order valence-electron chi connectivity index (χ2n) is 5.06. The van der Waals surface area contributed by atoms with E-state index < -0.39 is 0 Å². The van der Waals surface area contributed by atoms with E-state index in [1.165, 1.54) is 24.2 Å². The highest BCUT2D eigenvalue weighted by Gasteiger charge is 2.14. The third-order valence-corrected chi connectivity index (χ3v) is 3.57. The molecule has 1 aliphatic rings.